The quantitative estimate of drug-likeness (QED) is 0.437. The van der Waals surface area contributed by atoms with Gasteiger partial charge in [0, 0.05) is 4.57 Å². The minimum absolute atomic E-state index is 1.98. The summed E-state index contributed by atoms with van der Waals surface area (Å²) in [5, 5.41) is 0. The maximum Gasteiger partial charge on any atom is 0.710 e. The lowest BCUT2D eigenvalue weighted by Gasteiger charge is -2.24. The molecule has 0 amide bonds. The highest BCUT2D eigenvalue weighted by Crippen LogP contribution is 2.54. The fourth-order valence-electron chi connectivity index (χ4n) is 0.651. The van der Waals surface area contributed by atoms with Gasteiger partial charge in [-0.25, -0.2) is 0 Å². The Morgan fingerprint density at radius 1 is 0.500 bits per heavy atom. The SMILES string of the molecule is O=[P+](OC(F)(F)C(F)(F)C(F)(F)F)OC(F)(F)C(F)(F)C(F)(F)F. The molecule has 0 fully saturated rings. The first-order valence-corrected chi connectivity index (χ1v) is 5.70. The molecule has 18 heteroatoms. The summed E-state index contributed by atoms with van der Waals surface area (Å²) in [5.41, 5.74) is 0. The molecule has 0 N–H and O–H groups in total. The van der Waals surface area contributed by atoms with Crippen molar-refractivity contribution in [2.75, 3.05) is 0 Å². The van der Waals surface area contributed by atoms with Crippen LogP contribution in [0.2, 0.25) is 0 Å². The van der Waals surface area contributed by atoms with Crippen LogP contribution in [0.3, 0.4) is 0 Å². The van der Waals surface area contributed by atoms with Crippen LogP contribution in [0.1, 0.15) is 0 Å². The average molecular weight is 417 g/mol. The zero-order valence-electron chi connectivity index (χ0n) is 9.96. The summed E-state index contributed by atoms with van der Waals surface area (Å²) < 4.78 is 183. The van der Waals surface area contributed by atoms with Crippen molar-refractivity contribution in [1.82, 2.24) is 0 Å². The zero-order valence-corrected chi connectivity index (χ0v) is 10.9. The number of hydrogen-bond acceptors (Lipinski definition) is 3. The molecule has 0 radical (unpaired) electrons. The van der Waals surface area contributed by atoms with E-state index in [1.807, 2.05) is 9.05 Å². The van der Waals surface area contributed by atoms with Gasteiger partial charge in [0.25, 0.3) is 0 Å². The summed E-state index contributed by atoms with van der Waals surface area (Å²) in [6.07, 6.45) is -28.0. The van der Waals surface area contributed by atoms with Crippen molar-refractivity contribution < 1.29 is 75.1 Å². The Morgan fingerprint density at radius 3 is 0.875 bits per heavy atom. The van der Waals surface area contributed by atoms with Crippen molar-refractivity contribution in [3.63, 3.8) is 0 Å². The van der Waals surface area contributed by atoms with Gasteiger partial charge in [0.05, 0.1) is 0 Å². The van der Waals surface area contributed by atoms with Crippen LogP contribution in [0.25, 0.3) is 0 Å². The van der Waals surface area contributed by atoms with Gasteiger partial charge in [-0.3, -0.25) is 0 Å². The van der Waals surface area contributed by atoms with E-state index in [2.05, 4.69) is 0 Å². The van der Waals surface area contributed by atoms with Crippen LogP contribution in [0.5, 0.6) is 0 Å². The van der Waals surface area contributed by atoms with Gasteiger partial charge in [0.15, 0.2) is 0 Å². The molecule has 0 aromatic heterocycles. The van der Waals surface area contributed by atoms with Gasteiger partial charge in [-0.1, -0.05) is 0 Å². The van der Waals surface area contributed by atoms with Crippen molar-refractivity contribution >= 4 is 8.25 Å². The highest BCUT2D eigenvalue weighted by atomic mass is 31.1. The second-order valence-electron chi connectivity index (χ2n) is 3.58. The fourth-order valence-corrected chi connectivity index (χ4v) is 1.29. The monoisotopic (exact) mass is 417 g/mol. The van der Waals surface area contributed by atoms with E-state index in [0.29, 0.717) is 0 Å². The molecule has 0 heterocycles. The average Bonchev–Trinajstić information content (AvgIpc) is 2.22. The number of halogens is 14. The summed E-state index contributed by atoms with van der Waals surface area (Å²) in [4.78, 5) is 0. The molecule has 144 valence electrons. The summed E-state index contributed by atoms with van der Waals surface area (Å²) in [6.45, 7) is 0. The molecule has 0 bridgehead atoms. The van der Waals surface area contributed by atoms with E-state index in [-0.39, 0.29) is 0 Å². The maximum atomic E-state index is 12.4. The van der Waals surface area contributed by atoms with Crippen molar-refractivity contribution in [1.29, 1.82) is 0 Å². The standard InChI is InChI=1S/C6F14O3P/c7-1(8,3(11,12)13)5(17,18)22-24(21)23-6(19,20)2(9,10)4(14,15)16/q+1. The van der Waals surface area contributed by atoms with Crippen molar-refractivity contribution in [3.8, 4) is 0 Å². The number of rotatable bonds is 6. The van der Waals surface area contributed by atoms with Gasteiger partial charge in [0.2, 0.25) is 0 Å². The molecule has 0 saturated heterocycles. The first-order chi connectivity index (χ1) is 10.1. The molecule has 0 atom stereocenters. The Bertz CT molecular complexity index is 436. The molecule has 3 nitrogen and oxygen atoms in total. The molecule has 0 unspecified atom stereocenters. The minimum atomic E-state index is -7.17. The Morgan fingerprint density at radius 2 is 0.708 bits per heavy atom. The second-order valence-corrected chi connectivity index (χ2v) is 4.40. The topological polar surface area (TPSA) is 35.5 Å². The van der Waals surface area contributed by atoms with Crippen LogP contribution >= 0.6 is 8.25 Å². The van der Waals surface area contributed by atoms with Crippen LogP contribution in [0, 0.1) is 0 Å². The van der Waals surface area contributed by atoms with E-state index in [0.717, 1.165) is 0 Å². The van der Waals surface area contributed by atoms with Gasteiger partial charge < -0.3 is 0 Å². The molecule has 0 aliphatic heterocycles. The number of hydrogen-bond donors (Lipinski definition) is 0. The van der Waals surface area contributed by atoms with Crippen molar-refractivity contribution in [3.05, 3.63) is 0 Å². The van der Waals surface area contributed by atoms with Crippen molar-refractivity contribution in [2.45, 2.75) is 36.4 Å². The molecule has 0 aromatic rings. The lowest BCUT2D eigenvalue weighted by atomic mass is 10.3. The van der Waals surface area contributed by atoms with E-state index in [1.54, 1.807) is 0 Å². The highest BCUT2D eigenvalue weighted by Gasteiger charge is 2.81. The Kier molecular flexibility index (Phi) is 5.84. The summed E-state index contributed by atoms with van der Waals surface area (Å²) in [7, 11) is -5.69. The second kappa shape index (κ2) is 6.09. The van der Waals surface area contributed by atoms with Crippen LogP contribution in [-0.4, -0.2) is 36.4 Å². The van der Waals surface area contributed by atoms with Crippen LogP contribution in [-0.2, 0) is 13.6 Å². The normalized spacial score (nSPS) is 15.6. The zero-order chi connectivity index (χ0) is 20.0. The highest BCUT2D eigenvalue weighted by molar-refractivity contribution is 7.33. The minimum Gasteiger partial charge on any atom is -0.186 e. The first-order valence-electron chi connectivity index (χ1n) is 4.60. The van der Waals surface area contributed by atoms with E-state index in [9.17, 15) is 66.0 Å². The third kappa shape index (κ3) is 4.17. The predicted molar refractivity (Wildman–Crippen MR) is 41.7 cm³/mol. The third-order valence-corrected chi connectivity index (χ3v) is 2.58. The summed E-state index contributed by atoms with van der Waals surface area (Å²) in [5.74, 6) is -14.3. The van der Waals surface area contributed by atoms with Crippen LogP contribution in [0.4, 0.5) is 61.5 Å². The van der Waals surface area contributed by atoms with E-state index in [4.69, 9.17) is 0 Å². The molecular weight excluding hydrogens is 417 g/mol. The Balaban J connectivity index is 5.36. The lowest BCUT2D eigenvalue weighted by Crippen LogP contribution is -2.54. The van der Waals surface area contributed by atoms with Gasteiger partial charge in [-0.05, 0) is 9.05 Å². The molecule has 24 heavy (non-hydrogen) atoms. The van der Waals surface area contributed by atoms with E-state index in [1.165, 1.54) is 0 Å². The molecular formula is C6F14O3P+. The van der Waals surface area contributed by atoms with Crippen LogP contribution < -0.4 is 0 Å². The predicted octanol–water partition coefficient (Wildman–Crippen LogP) is 5.26. The Labute approximate surface area is 121 Å². The van der Waals surface area contributed by atoms with E-state index >= 15 is 0 Å². The lowest BCUT2D eigenvalue weighted by molar-refractivity contribution is -0.415. The molecule has 0 saturated carbocycles. The van der Waals surface area contributed by atoms with Crippen molar-refractivity contribution in [2.24, 2.45) is 0 Å². The van der Waals surface area contributed by atoms with E-state index < -0.39 is 44.7 Å². The van der Waals surface area contributed by atoms with Gasteiger partial charge >= 0.3 is 44.7 Å². The van der Waals surface area contributed by atoms with Gasteiger partial charge in [-0.15, -0.1) is 0 Å². The fraction of sp³-hybridized carbons (Fsp3) is 1.00. The largest absolute Gasteiger partial charge is 0.710 e. The summed E-state index contributed by atoms with van der Waals surface area (Å²) >= 11 is 0. The first kappa shape index (κ1) is 23.0. The molecule has 0 rings (SSSR count). The smallest absolute Gasteiger partial charge is 0.186 e. The molecule has 0 aromatic carbocycles. The molecule has 0 spiro atoms. The van der Waals surface area contributed by atoms with Gasteiger partial charge in [0.1, 0.15) is 0 Å². The molecule has 0 aliphatic carbocycles. The summed E-state index contributed by atoms with van der Waals surface area (Å²) in [6, 6.07) is 0. The number of alkyl halides is 14. The Hall–Kier alpha value is -0.960. The maximum absolute atomic E-state index is 12.4. The van der Waals surface area contributed by atoms with Crippen LogP contribution in [0.15, 0.2) is 0 Å². The third-order valence-electron chi connectivity index (χ3n) is 1.82. The molecule has 0 aliphatic rings. The van der Waals surface area contributed by atoms with Gasteiger partial charge in [-0.2, -0.15) is 61.5 Å².